The number of aromatic nitrogens is 3. The largest absolute Gasteiger partial charge is 0.492 e. The summed E-state index contributed by atoms with van der Waals surface area (Å²) >= 11 is 3.28. The molecule has 6 nitrogen and oxygen atoms in total. The lowest BCUT2D eigenvalue weighted by Crippen LogP contribution is -2.47. The van der Waals surface area contributed by atoms with Gasteiger partial charge in [0, 0.05) is 31.1 Å². The van der Waals surface area contributed by atoms with Gasteiger partial charge in [-0.15, -0.1) is 16.4 Å². The standard InChI is InChI=1S/C16H21N5OS2/c1-3-19-6-8-20(9-7-19)13(12-5-4-10-23-12)14-15(22)21-16(24-14)17-11(2)18-21/h4-5,10,13,22H,3,6-9H2,1-2H3/t13-/m1/s1. The first-order valence-electron chi connectivity index (χ1n) is 8.22. The van der Waals surface area contributed by atoms with E-state index in [0.29, 0.717) is 5.82 Å². The molecule has 0 saturated carbocycles. The van der Waals surface area contributed by atoms with Crippen LogP contribution in [-0.2, 0) is 0 Å². The van der Waals surface area contributed by atoms with Crippen molar-refractivity contribution in [1.29, 1.82) is 0 Å². The summed E-state index contributed by atoms with van der Waals surface area (Å²) in [4.78, 5) is 12.3. The topological polar surface area (TPSA) is 56.9 Å². The van der Waals surface area contributed by atoms with Gasteiger partial charge in [-0.05, 0) is 24.9 Å². The van der Waals surface area contributed by atoms with Crippen LogP contribution in [0.3, 0.4) is 0 Å². The molecule has 3 aromatic rings. The summed E-state index contributed by atoms with van der Waals surface area (Å²) in [5.74, 6) is 0.916. The van der Waals surface area contributed by atoms with Gasteiger partial charge in [0.1, 0.15) is 5.82 Å². The van der Waals surface area contributed by atoms with E-state index in [1.807, 2.05) is 6.92 Å². The summed E-state index contributed by atoms with van der Waals surface area (Å²) in [6.45, 7) is 9.29. The van der Waals surface area contributed by atoms with Crippen molar-refractivity contribution in [2.45, 2.75) is 19.9 Å². The number of likely N-dealkylation sites (N-methyl/N-ethyl adjacent to an activating group) is 1. The summed E-state index contributed by atoms with van der Waals surface area (Å²) in [5.41, 5.74) is 0. The van der Waals surface area contributed by atoms with Crippen molar-refractivity contribution < 1.29 is 5.11 Å². The van der Waals surface area contributed by atoms with Crippen LogP contribution >= 0.6 is 22.7 Å². The quantitative estimate of drug-likeness (QED) is 0.772. The Morgan fingerprint density at radius 3 is 2.71 bits per heavy atom. The monoisotopic (exact) mass is 363 g/mol. The molecular weight excluding hydrogens is 342 g/mol. The molecule has 0 unspecified atom stereocenters. The van der Waals surface area contributed by atoms with Crippen LogP contribution < -0.4 is 0 Å². The van der Waals surface area contributed by atoms with Crippen LogP contribution in [0.25, 0.3) is 4.96 Å². The average molecular weight is 364 g/mol. The number of thiazole rings is 1. The Morgan fingerprint density at radius 1 is 1.29 bits per heavy atom. The van der Waals surface area contributed by atoms with Gasteiger partial charge in [-0.25, -0.2) is 4.98 Å². The van der Waals surface area contributed by atoms with Crippen LogP contribution in [0.15, 0.2) is 17.5 Å². The van der Waals surface area contributed by atoms with Crippen LogP contribution in [0, 0.1) is 6.92 Å². The lowest BCUT2D eigenvalue weighted by molar-refractivity contribution is 0.114. The molecule has 24 heavy (non-hydrogen) atoms. The maximum atomic E-state index is 10.7. The molecule has 0 spiro atoms. The minimum atomic E-state index is 0.0813. The van der Waals surface area contributed by atoms with Crippen molar-refractivity contribution in [3.8, 4) is 5.88 Å². The van der Waals surface area contributed by atoms with Crippen molar-refractivity contribution in [3.05, 3.63) is 33.1 Å². The summed E-state index contributed by atoms with van der Waals surface area (Å²) < 4.78 is 1.57. The minimum Gasteiger partial charge on any atom is -0.492 e. The molecule has 1 aliphatic heterocycles. The zero-order valence-corrected chi connectivity index (χ0v) is 15.5. The molecule has 0 bridgehead atoms. The summed E-state index contributed by atoms with van der Waals surface area (Å²) in [6.07, 6.45) is 0. The van der Waals surface area contributed by atoms with Crippen molar-refractivity contribution >= 4 is 27.6 Å². The molecule has 4 heterocycles. The molecular formula is C16H21N5OS2. The van der Waals surface area contributed by atoms with E-state index in [1.54, 1.807) is 27.2 Å². The van der Waals surface area contributed by atoms with E-state index in [1.165, 1.54) is 4.88 Å². The fourth-order valence-electron chi connectivity index (χ4n) is 3.29. The van der Waals surface area contributed by atoms with Gasteiger partial charge >= 0.3 is 0 Å². The number of rotatable bonds is 4. The molecule has 0 radical (unpaired) electrons. The molecule has 1 fully saturated rings. The molecule has 0 amide bonds. The first-order valence-corrected chi connectivity index (χ1v) is 9.92. The number of piperazine rings is 1. The number of aromatic hydroxyl groups is 1. The number of hydrogen-bond acceptors (Lipinski definition) is 7. The SMILES string of the molecule is CCN1CCN([C@H](c2cccs2)c2sc3nc(C)nn3c2O)CC1. The Bertz CT molecular complexity index is 817. The van der Waals surface area contributed by atoms with Crippen molar-refractivity contribution in [2.24, 2.45) is 0 Å². The minimum absolute atomic E-state index is 0.0813. The predicted octanol–water partition coefficient (Wildman–Crippen LogP) is 2.59. The molecule has 3 aromatic heterocycles. The highest BCUT2D eigenvalue weighted by molar-refractivity contribution is 7.17. The number of fused-ring (bicyclic) bond motifs is 1. The zero-order valence-electron chi connectivity index (χ0n) is 13.8. The van der Waals surface area contributed by atoms with E-state index in [4.69, 9.17) is 0 Å². The van der Waals surface area contributed by atoms with Gasteiger partial charge in [-0.3, -0.25) is 4.90 Å². The summed E-state index contributed by atoms with van der Waals surface area (Å²) in [6, 6.07) is 4.31. The Morgan fingerprint density at radius 2 is 2.08 bits per heavy atom. The highest BCUT2D eigenvalue weighted by atomic mass is 32.1. The highest BCUT2D eigenvalue weighted by Crippen LogP contribution is 2.41. The van der Waals surface area contributed by atoms with Gasteiger partial charge in [0.05, 0.1) is 10.9 Å². The van der Waals surface area contributed by atoms with Gasteiger partial charge in [0.25, 0.3) is 0 Å². The Balaban J connectivity index is 1.72. The first-order chi connectivity index (χ1) is 11.7. The summed E-state index contributed by atoms with van der Waals surface area (Å²) in [7, 11) is 0. The van der Waals surface area contributed by atoms with Crippen molar-refractivity contribution in [2.75, 3.05) is 32.7 Å². The first kappa shape index (κ1) is 16.0. The number of aryl methyl sites for hydroxylation is 1. The molecule has 128 valence electrons. The second-order valence-electron chi connectivity index (χ2n) is 6.03. The van der Waals surface area contributed by atoms with E-state index in [0.717, 1.165) is 42.6 Å². The van der Waals surface area contributed by atoms with Gasteiger partial charge in [0.15, 0.2) is 0 Å². The van der Waals surface area contributed by atoms with Gasteiger partial charge in [-0.2, -0.15) is 4.52 Å². The summed E-state index contributed by atoms with van der Waals surface area (Å²) in [5, 5.41) is 17.1. The van der Waals surface area contributed by atoms with Gasteiger partial charge in [0.2, 0.25) is 10.8 Å². The molecule has 1 saturated heterocycles. The van der Waals surface area contributed by atoms with Gasteiger partial charge in [-0.1, -0.05) is 24.3 Å². The third-order valence-electron chi connectivity index (χ3n) is 4.59. The number of hydrogen-bond donors (Lipinski definition) is 1. The van der Waals surface area contributed by atoms with Crippen molar-refractivity contribution in [3.63, 3.8) is 0 Å². The van der Waals surface area contributed by atoms with Crippen molar-refractivity contribution in [1.82, 2.24) is 24.4 Å². The lowest BCUT2D eigenvalue weighted by atomic mass is 10.1. The Labute approximate surface area is 149 Å². The Hall–Kier alpha value is -1.48. The maximum Gasteiger partial charge on any atom is 0.230 e. The highest BCUT2D eigenvalue weighted by Gasteiger charge is 2.31. The van der Waals surface area contributed by atoms with E-state index in [9.17, 15) is 5.11 Å². The van der Waals surface area contributed by atoms with Crippen LogP contribution in [0.4, 0.5) is 0 Å². The molecule has 8 heteroatoms. The fourth-order valence-corrected chi connectivity index (χ4v) is 5.38. The van der Waals surface area contributed by atoms with Crippen LogP contribution in [0.1, 0.15) is 28.5 Å². The second-order valence-corrected chi connectivity index (χ2v) is 8.02. The third kappa shape index (κ3) is 2.73. The third-order valence-corrected chi connectivity index (χ3v) is 6.58. The normalized spacial score (nSPS) is 18.4. The fraction of sp³-hybridized carbons (Fsp3) is 0.500. The molecule has 0 aromatic carbocycles. The van der Waals surface area contributed by atoms with Gasteiger partial charge < -0.3 is 10.0 Å². The van der Waals surface area contributed by atoms with E-state index in [2.05, 4.69) is 44.3 Å². The molecule has 1 aliphatic rings. The average Bonchev–Trinajstić information content (AvgIpc) is 3.29. The van der Waals surface area contributed by atoms with Crippen LogP contribution in [0.5, 0.6) is 5.88 Å². The number of nitrogens with zero attached hydrogens (tertiary/aromatic N) is 5. The molecule has 1 atom stereocenters. The second kappa shape index (κ2) is 6.44. The number of thiophene rings is 1. The van der Waals surface area contributed by atoms with Crippen LogP contribution in [0.2, 0.25) is 0 Å². The zero-order chi connectivity index (χ0) is 16.7. The molecule has 4 rings (SSSR count). The molecule has 0 aliphatic carbocycles. The maximum absolute atomic E-state index is 10.7. The smallest absolute Gasteiger partial charge is 0.230 e. The van der Waals surface area contributed by atoms with Crippen LogP contribution in [-0.4, -0.2) is 62.2 Å². The Kier molecular flexibility index (Phi) is 4.29. The molecule has 1 N–H and O–H groups in total. The van der Waals surface area contributed by atoms with E-state index < -0.39 is 0 Å². The predicted molar refractivity (Wildman–Crippen MR) is 97.1 cm³/mol. The van der Waals surface area contributed by atoms with E-state index in [-0.39, 0.29) is 11.9 Å². The van der Waals surface area contributed by atoms with E-state index >= 15 is 0 Å². The lowest BCUT2D eigenvalue weighted by Gasteiger charge is -2.38.